The maximum absolute atomic E-state index is 12.8. The monoisotopic (exact) mass is 367 g/mol. The number of benzene rings is 1. The molecule has 1 atom stereocenters. The normalized spacial score (nSPS) is 21.8. The molecule has 2 fully saturated rings. The first-order chi connectivity index (χ1) is 13.1. The Balaban J connectivity index is 1.44. The summed E-state index contributed by atoms with van der Waals surface area (Å²) >= 11 is 0. The highest BCUT2D eigenvalue weighted by molar-refractivity contribution is 6.04. The number of hydrogen-bond acceptors (Lipinski definition) is 3. The lowest BCUT2D eigenvalue weighted by Crippen LogP contribution is -2.36. The number of carbonyl (C=O) groups excluding carboxylic acids is 3. The molecule has 1 aromatic rings. The van der Waals surface area contributed by atoms with Crippen LogP contribution in [0.5, 0.6) is 0 Å². The van der Waals surface area contributed by atoms with Gasteiger partial charge in [-0.1, -0.05) is 12.6 Å². The summed E-state index contributed by atoms with van der Waals surface area (Å²) < 4.78 is 0. The number of carbonyl (C=O) groups is 3. The third-order valence-corrected chi connectivity index (χ3v) is 5.71. The van der Waals surface area contributed by atoms with E-state index < -0.39 is 0 Å². The molecule has 3 aliphatic rings. The number of anilines is 1. The molecule has 0 bridgehead atoms. The highest BCUT2D eigenvalue weighted by Gasteiger charge is 2.39. The maximum Gasteiger partial charge on any atom is 0.251 e. The van der Waals surface area contributed by atoms with Crippen LogP contribution in [0, 0.1) is 5.92 Å². The molecule has 1 saturated heterocycles. The first-order valence-electron chi connectivity index (χ1n) is 9.72. The van der Waals surface area contributed by atoms with Crippen molar-refractivity contribution in [2.45, 2.75) is 38.1 Å². The highest BCUT2D eigenvalue weighted by Crippen LogP contribution is 2.33. The van der Waals surface area contributed by atoms with Gasteiger partial charge in [-0.05, 0) is 49.5 Å². The summed E-state index contributed by atoms with van der Waals surface area (Å²) in [6, 6.07) is 5.95. The van der Waals surface area contributed by atoms with Crippen molar-refractivity contribution in [1.29, 1.82) is 0 Å². The molecule has 6 nitrogen and oxygen atoms in total. The topological polar surface area (TPSA) is 69.7 Å². The van der Waals surface area contributed by atoms with E-state index >= 15 is 0 Å². The van der Waals surface area contributed by atoms with E-state index in [0.29, 0.717) is 31.1 Å². The SMILES string of the molecule is C=CC(=O)N1CCCc2c(C(=O)NCC3CC(=O)N(C4CC4)C3)cccc21. The van der Waals surface area contributed by atoms with Crippen LogP contribution in [0.15, 0.2) is 30.9 Å². The first kappa shape index (κ1) is 17.8. The van der Waals surface area contributed by atoms with Crippen LogP contribution >= 0.6 is 0 Å². The molecule has 6 heteroatoms. The summed E-state index contributed by atoms with van der Waals surface area (Å²) in [5.74, 6) is 0.128. The minimum absolute atomic E-state index is 0.128. The van der Waals surface area contributed by atoms with Gasteiger partial charge in [0.2, 0.25) is 11.8 Å². The summed E-state index contributed by atoms with van der Waals surface area (Å²) in [6.07, 6.45) is 5.65. The first-order valence-corrected chi connectivity index (χ1v) is 9.72. The molecule has 0 radical (unpaired) electrons. The summed E-state index contributed by atoms with van der Waals surface area (Å²) in [4.78, 5) is 40.6. The average molecular weight is 367 g/mol. The Hall–Kier alpha value is -2.63. The molecule has 142 valence electrons. The lowest BCUT2D eigenvalue weighted by atomic mass is 9.95. The summed E-state index contributed by atoms with van der Waals surface area (Å²) in [6.45, 7) is 5.46. The number of nitrogens with zero attached hydrogens (tertiary/aromatic N) is 2. The van der Waals surface area contributed by atoms with Crippen LogP contribution in [0.3, 0.4) is 0 Å². The van der Waals surface area contributed by atoms with E-state index in [4.69, 9.17) is 0 Å². The third kappa shape index (κ3) is 3.48. The second-order valence-corrected chi connectivity index (χ2v) is 7.66. The molecular weight excluding hydrogens is 342 g/mol. The Labute approximate surface area is 159 Å². The Morgan fingerprint density at radius 3 is 2.85 bits per heavy atom. The molecule has 1 aliphatic carbocycles. The number of fused-ring (bicyclic) bond motifs is 1. The Bertz CT molecular complexity index is 800. The zero-order valence-corrected chi connectivity index (χ0v) is 15.4. The molecule has 2 heterocycles. The fraction of sp³-hybridized carbons (Fsp3) is 0.476. The van der Waals surface area contributed by atoms with Gasteiger partial charge >= 0.3 is 0 Å². The number of rotatable bonds is 5. The molecule has 0 aromatic heterocycles. The number of amides is 3. The van der Waals surface area contributed by atoms with E-state index in [1.165, 1.54) is 6.08 Å². The lowest BCUT2D eigenvalue weighted by Gasteiger charge is -2.30. The van der Waals surface area contributed by atoms with E-state index in [9.17, 15) is 14.4 Å². The van der Waals surface area contributed by atoms with Gasteiger partial charge in [0, 0.05) is 49.3 Å². The van der Waals surface area contributed by atoms with Crippen LogP contribution in [-0.2, 0) is 16.0 Å². The van der Waals surface area contributed by atoms with E-state index in [2.05, 4.69) is 11.9 Å². The van der Waals surface area contributed by atoms with Crippen LogP contribution in [-0.4, -0.2) is 48.3 Å². The average Bonchev–Trinajstić information content (AvgIpc) is 3.47. The van der Waals surface area contributed by atoms with Crippen LogP contribution in [0.4, 0.5) is 5.69 Å². The summed E-state index contributed by atoms with van der Waals surface area (Å²) in [5.41, 5.74) is 2.34. The van der Waals surface area contributed by atoms with Gasteiger partial charge in [0.25, 0.3) is 5.91 Å². The van der Waals surface area contributed by atoms with Crippen LogP contribution in [0.2, 0.25) is 0 Å². The van der Waals surface area contributed by atoms with E-state index in [1.807, 2.05) is 23.1 Å². The Morgan fingerprint density at radius 2 is 2.11 bits per heavy atom. The fourth-order valence-corrected chi connectivity index (χ4v) is 4.19. The standard InChI is InChI=1S/C21H25N3O3/c1-2-19(25)23-10-4-6-16-17(5-3-7-18(16)23)21(27)22-12-14-11-20(26)24(13-14)15-8-9-15/h2-3,5,7,14-15H,1,4,6,8-13H2,(H,22,27). The quantitative estimate of drug-likeness (QED) is 0.808. The molecule has 1 N–H and O–H groups in total. The predicted molar refractivity (Wildman–Crippen MR) is 102 cm³/mol. The van der Waals surface area contributed by atoms with Crippen LogP contribution < -0.4 is 10.2 Å². The van der Waals surface area contributed by atoms with Gasteiger partial charge in [-0.25, -0.2) is 0 Å². The van der Waals surface area contributed by atoms with Crippen LogP contribution in [0.1, 0.15) is 41.6 Å². The van der Waals surface area contributed by atoms with Gasteiger partial charge in [0.1, 0.15) is 0 Å². The van der Waals surface area contributed by atoms with Crippen molar-refractivity contribution in [2.75, 3.05) is 24.5 Å². The molecule has 4 rings (SSSR count). The van der Waals surface area contributed by atoms with Gasteiger partial charge in [0.15, 0.2) is 0 Å². The fourth-order valence-electron chi connectivity index (χ4n) is 4.19. The largest absolute Gasteiger partial charge is 0.352 e. The Morgan fingerprint density at radius 1 is 1.30 bits per heavy atom. The minimum atomic E-state index is -0.141. The van der Waals surface area contributed by atoms with Crippen molar-refractivity contribution in [2.24, 2.45) is 5.92 Å². The minimum Gasteiger partial charge on any atom is -0.352 e. The maximum atomic E-state index is 12.8. The van der Waals surface area contributed by atoms with Gasteiger partial charge in [0.05, 0.1) is 0 Å². The van der Waals surface area contributed by atoms with Crippen molar-refractivity contribution >= 4 is 23.4 Å². The van der Waals surface area contributed by atoms with Gasteiger partial charge < -0.3 is 15.1 Å². The molecule has 1 aromatic carbocycles. The van der Waals surface area contributed by atoms with Crippen molar-refractivity contribution in [3.8, 4) is 0 Å². The van der Waals surface area contributed by atoms with E-state index in [0.717, 1.165) is 43.5 Å². The molecule has 1 saturated carbocycles. The van der Waals surface area contributed by atoms with Crippen molar-refractivity contribution in [3.05, 3.63) is 42.0 Å². The Kier molecular flexibility index (Phi) is 4.72. The lowest BCUT2D eigenvalue weighted by molar-refractivity contribution is -0.128. The highest BCUT2D eigenvalue weighted by atomic mass is 16.2. The number of likely N-dealkylation sites (tertiary alicyclic amines) is 1. The second kappa shape index (κ2) is 7.18. The van der Waals surface area contributed by atoms with Crippen LogP contribution in [0.25, 0.3) is 0 Å². The molecule has 3 amide bonds. The number of nitrogens with one attached hydrogen (secondary N) is 1. The molecule has 1 unspecified atom stereocenters. The van der Waals surface area contributed by atoms with E-state index in [-0.39, 0.29) is 23.6 Å². The molecule has 2 aliphatic heterocycles. The third-order valence-electron chi connectivity index (χ3n) is 5.71. The van der Waals surface area contributed by atoms with E-state index in [1.54, 1.807) is 4.90 Å². The van der Waals surface area contributed by atoms with Gasteiger partial charge in [-0.15, -0.1) is 0 Å². The summed E-state index contributed by atoms with van der Waals surface area (Å²) in [7, 11) is 0. The van der Waals surface area contributed by atoms with Gasteiger partial charge in [-0.3, -0.25) is 14.4 Å². The zero-order valence-electron chi connectivity index (χ0n) is 15.4. The van der Waals surface area contributed by atoms with Crippen molar-refractivity contribution in [3.63, 3.8) is 0 Å². The molecule has 27 heavy (non-hydrogen) atoms. The second-order valence-electron chi connectivity index (χ2n) is 7.66. The summed E-state index contributed by atoms with van der Waals surface area (Å²) in [5, 5.41) is 3.01. The van der Waals surface area contributed by atoms with Crippen molar-refractivity contribution in [1.82, 2.24) is 10.2 Å². The van der Waals surface area contributed by atoms with Crippen molar-refractivity contribution < 1.29 is 14.4 Å². The molecular formula is C21H25N3O3. The smallest absolute Gasteiger partial charge is 0.251 e. The molecule has 0 spiro atoms. The predicted octanol–water partition coefficient (Wildman–Crippen LogP) is 1.89. The zero-order chi connectivity index (χ0) is 19.0. The number of hydrogen-bond donors (Lipinski definition) is 1. The van der Waals surface area contributed by atoms with Gasteiger partial charge in [-0.2, -0.15) is 0 Å².